The minimum atomic E-state index is -3.82. The summed E-state index contributed by atoms with van der Waals surface area (Å²) in [7, 11) is -3.82. The number of primary sulfonamides is 1. The average Bonchev–Trinajstić information content (AvgIpc) is 2.42. The van der Waals surface area contributed by atoms with Gasteiger partial charge in [0.1, 0.15) is 6.04 Å². The Balaban J connectivity index is 2.81. The van der Waals surface area contributed by atoms with Gasteiger partial charge in [0, 0.05) is 5.56 Å². The molecular weight excluding hydrogens is 316 g/mol. The van der Waals surface area contributed by atoms with Gasteiger partial charge in [0.05, 0.1) is 4.90 Å². The summed E-state index contributed by atoms with van der Waals surface area (Å²) in [5, 5.41) is 16.4. The van der Waals surface area contributed by atoms with E-state index in [9.17, 15) is 18.0 Å². The summed E-state index contributed by atoms with van der Waals surface area (Å²) in [5.41, 5.74) is 0.165. The highest BCUT2D eigenvalue weighted by atomic mass is 32.2. The molecule has 7 nitrogen and oxygen atoms in total. The number of carboxylic acids is 1. The minimum Gasteiger partial charge on any atom is -0.480 e. The number of carbonyl (C=O) groups excluding carboxylic acids is 1. The topological polar surface area (TPSA) is 127 Å². The van der Waals surface area contributed by atoms with Crippen molar-refractivity contribution >= 4 is 33.7 Å². The molecule has 0 bridgehead atoms. The van der Waals surface area contributed by atoms with Crippen molar-refractivity contribution in [3.05, 3.63) is 29.8 Å². The molecule has 0 aliphatic carbocycles. The second-order valence-electron chi connectivity index (χ2n) is 4.22. The van der Waals surface area contributed by atoms with Crippen molar-refractivity contribution in [2.24, 2.45) is 5.14 Å². The van der Waals surface area contributed by atoms with E-state index in [-0.39, 0.29) is 10.5 Å². The van der Waals surface area contributed by atoms with E-state index in [1.165, 1.54) is 36.0 Å². The lowest BCUT2D eigenvalue weighted by molar-refractivity contribution is -0.139. The Bertz CT molecular complexity index is 613. The zero-order chi connectivity index (χ0) is 16.0. The monoisotopic (exact) mass is 332 g/mol. The lowest BCUT2D eigenvalue weighted by Gasteiger charge is -2.14. The molecule has 21 heavy (non-hydrogen) atoms. The first-order valence-corrected chi connectivity index (χ1v) is 8.85. The molecule has 1 rings (SSSR count). The average molecular weight is 332 g/mol. The summed E-state index contributed by atoms with van der Waals surface area (Å²) in [6, 6.07) is 3.97. The van der Waals surface area contributed by atoms with Crippen molar-refractivity contribution in [3.8, 4) is 0 Å². The van der Waals surface area contributed by atoms with Crippen LogP contribution in [0.25, 0.3) is 0 Å². The molecule has 0 aromatic heterocycles. The van der Waals surface area contributed by atoms with Gasteiger partial charge in [-0.1, -0.05) is 0 Å². The van der Waals surface area contributed by atoms with E-state index in [1.807, 2.05) is 6.26 Å². The Labute approximate surface area is 127 Å². The van der Waals surface area contributed by atoms with Crippen LogP contribution in [0, 0.1) is 0 Å². The molecule has 0 radical (unpaired) electrons. The molecule has 1 amide bonds. The zero-order valence-corrected chi connectivity index (χ0v) is 12.9. The van der Waals surface area contributed by atoms with E-state index in [2.05, 4.69) is 5.32 Å². The van der Waals surface area contributed by atoms with Crippen LogP contribution in [0.2, 0.25) is 0 Å². The number of carboxylic acid groups (broad SMARTS) is 1. The fourth-order valence-corrected chi connectivity index (χ4v) is 2.52. The number of nitrogens with two attached hydrogens (primary N) is 1. The van der Waals surface area contributed by atoms with Crippen LogP contribution in [-0.2, 0) is 14.8 Å². The summed E-state index contributed by atoms with van der Waals surface area (Å²) in [4.78, 5) is 22.8. The number of hydrogen-bond acceptors (Lipinski definition) is 5. The van der Waals surface area contributed by atoms with Crippen molar-refractivity contribution in [1.82, 2.24) is 5.32 Å². The maximum atomic E-state index is 11.9. The Morgan fingerprint density at radius 2 is 1.90 bits per heavy atom. The first kappa shape index (κ1) is 17.5. The van der Waals surface area contributed by atoms with Gasteiger partial charge in [-0.3, -0.25) is 4.79 Å². The number of benzene rings is 1. The molecule has 116 valence electrons. The molecule has 1 atom stereocenters. The van der Waals surface area contributed by atoms with Crippen LogP contribution in [0.4, 0.5) is 0 Å². The third kappa shape index (κ3) is 5.37. The van der Waals surface area contributed by atoms with Crippen molar-refractivity contribution in [2.45, 2.75) is 17.4 Å². The van der Waals surface area contributed by atoms with Gasteiger partial charge in [-0.25, -0.2) is 18.4 Å². The van der Waals surface area contributed by atoms with Gasteiger partial charge in [-0.05, 0) is 42.7 Å². The van der Waals surface area contributed by atoms with Gasteiger partial charge >= 0.3 is 5.97 Å². The SMILES string of the molecule is CSCCC(NC(=O)c1ccc(S(N)(=O)=O)cc1)C(=O)O. The van der Waals surface area contributed by atoms with Crippen LogP contribution >= 0.6 is 11.8 Å². The number of aliphatic carboxylic acids is 1. The number of nitrogens with one attached hydrogen (secondary N) is 1. The molecule has 0 heterocycles. The van der Waals surface area contributed by atoms with Crippen LogP contribution < -0.4 is 10.5 Å². The molecule has 0 fully saturated rings. The third-order valence-electron chi connectivity index (χ3n) is 2.66. The standard InChI is InChI=1S/C12H16N2O5S2/c1-20-7-6-10(12(16)17)14-11(15)8-2-4-9(5-3-8)21(13,18)19/h2-5,10H,6-7H2,1H3,(H,14,15)(H,16,17)(H2,13,18,19). The highest BCUT2D eigenvalue weighted by Crippen LogP contribution is 2.09. The maximum Gasteiger partial charge on any atom is 0.326 e. The summed E-state index contributed by atoms with van der Waals surface area (Å²) in [6.07, 6.45) is 2.14. The second-order valence-corrected chi connectivity index (χ2v) is 6.76. The molecule has 4 N–H and O–H groups in total. The number of thioether (sulfide) groups is 1. The molecule has 0 aliphatic rings. The van der Waals surface area contributed by atoms with Gasteiger partial charge in [-0.2, -0.15) is 11.8 Å². The van der Waals surface area contributed by atoms with Gasteiger partial charge in [-0.15, -0.1) is 0 Å². The summed E-state index contributed by atoms with van der Waals surface area (Å²) in [5.74, 6) is -1.09. The van der Waals surface area contributed by atoms with Crippen LogP contribution in [0.3, 0.4) is 0 Å². The van der Waals surface area contributed by atoms with Crippen molar-refractivity contribution in [1.29, 1.82) is 0 Å². The molecule has 0 spiro atoms. The summed E-state index contributed by atoms with van der Waals surface area (Å²) < 4.78 is 22.2. The number of sulfonamides is 1. The maximum absolute atomic E-state index is 11.9. The van der Waals surface area contributed by atoms with E-state index < -0.39 is 27.9 Å². The number of carbonyl (C=O) groups is 2. The molecule has 0 saturated heterocycles. The minimum absolute atomic E-state index is 0.115. The van der Waals surface area contributed by atoms with E-state index in [0.717, 1.165) is 0 Å². The van der Waals surface area contributed by atoms with Crippen LogP contribution in [0.1, 0.15) is 16.8 Å². The van der Waals surface area contributed by atoms with E-state index in [4.69, 9.17) is 10.2 Å². The third-order valence-corrected chi connectivity index (χ3v) is 4.23. The van der Waals surface area contributed by atoms with Gasteiger partial charge in [0.25, 0.3) is 5.91 Å². The van der Waals surface area contributed by atoms with Gasteiger partial charge in [0.15, 0.2) is 0 Å². The van der Waals surface area contributed by atoms with Crippen molar-refractivity contribution in [3.63, 3.8) is 0 Å². The molecule has 0 aliphatic heterocycles. The Hall–Kier alpha value is -1.58. The summed E-state index contributed by atoms with van der Waals surface area (Å²) in [6.45, 7) is 0. The molecule has 9 heteroatoms. The molecule has 1 unspecified atom stereocenters. The van der Waals surface area contributed by atoms with Crippen LogP contribution in [0.15, 0.2) is 29.2 Å². The fraction of sp³-hybridized carbons (Fsp3) is 0.333. The largest absolute Gasteiger partial charge is 0.480 e. The number of amides is 1. The van der Waals surface area contributed by atoms with E-state index in [1.54, 1.807) is 0 Å². The van der Waals surface area contributed by atoms with Crippen molar-refractivity contribution in [2.75, 3.05) is 12.0 Å². The number of rotatable bonds is 7. The lowest BCUT2D eigenvalue weighted by atomic mass is 10.1. The highest BCUT2D eigenvalue weighted by Gasteiger charge is 2.20. The highest BCUT2D eigenvalue weighted by molar-refractivity contribution is 7.98. The normalized spacial score (nSPS) is 12.7. The quantitative estimate of drug-likeness (QED) is 0.658. The van der Waals surface area contributed by atoms with Crippen LogP contribution in [-0.4, -0.2) is 43.5 Å². The lowest BCUT2D eigenvalue weighted by Crippen LogP contribution is -2.41. The zero-order valence-electron chi connectivity index (χ0n) is 11.3. The van der Waals surface area contributed by atoms with E-state index >= 15 is 0 Å². The Morgan fingerprint density at radius 1 is 1.33 bits per heavy atom. The molecular formula is C12H16N2O5S2. The van der Waals surface area contributed by atoms with Crippen LogP contribution in [0.5, 0.6) is 0 Å². The smallest absolute Gasteiger partial charge is 0.326 e. The summed E-state index contributed by atoms with van der Waals surface area (Å²) >= 11 is 1.48. The first-order valence-electron chi connectivity index (χ1n) is 5.91. The predicted octanol–water partition coefficient (Wildman–Crippen LogP) is 0.270. The Morgan fingerprint density at radius 3 is 2.33 bits per heavy atom. The number of hydrogen-bond donors (Lipinski definition) is 3. The second kappa shape index (κ2) is 7.43. The van der Waals surface area contributed by atoms with Gasteiger partial charge < -0.3 is 10.4 Å². The molecule has 0 saturated carbocycles. The predicted molar refractivity (Wildman–Crippen MR) is 79.7 cm³/mol. The Kier molecular flexibility index (Phi) is 6.19. The van der Waals surface area contributed by atoms with Crippen molar-refractivity contribution < 1.29 is 23.1 Å². The van der Waals surface area contributed by atoms with E-state index in [0.29, 0.717) is 12.2 Å². The molecule has 1 aromatic carbocycles. The first-order chi connectivity index (χ1) is 9.75. The fourth-order valence-electron chi connectivity index (χ4n) is 1.53. The van der Waals surface area contributed by atoms with Gasteiger partial charge in [0.2, 0.25) is 10.0 Å². The molecule has 1 aromatic rings.